The summed E-state index contributed by atoms with van der Waals surface area (Å²) in [4.78, 5) is 0. The maximum Gasteiger partial charge on any atom is 0.145 e. The van der Waals surface area contributed by atoms with Gasteiger partial charge in [0.1, 0.15) is 11.6 Å². The van der Waals surface area contributed by atoms with Crippen LogP contribution >= 0.6 is 15.9 Å². The van der Waals surface area contributed by atoms with E-state index in [-0.39, 0.29) is 12.4 Å². The summed E-state index contributed by atoms with van der Waals surface area (Å²) in [6.45, 7) is 0.210. The van der Waals surface area contributed by atoms with Crippen molar-refractivity contribution in [3.05, 3.63) is 34.1 Å². The first-order valence-electron chi connectivity index (χ1n) is 4.90. The minimum atomic E-state index is -0.335. The van der Waals surface area contributed by atoms with Crippen molar-refractivity contribution in [3.63, 3.8) is 0 Å². The van der Waals surface area contributed by atoms with Crippen molar-refractivity contribution in [1.82, 2.24) is 10.2 Å². The number of anilines is 1. The predicted molar refractivity (Wildman–Crippen MR) is 66.8 cm³/mol. The molecule has 0 saturated heterocycles. The molecule has 0 amide bonds. The summed E-state index contributed by atoms with van der Waals surface area (Å²) < 4.78 is 19.9. The number of nitrogen functional groups attached to an aromatic ring is 1. The molecule has 1 aromatic heterocycles. The topological polar surface area (TPSA) is 63.9 Å². The van der Waals surface area contributed by atoms with Crippen molar-refractivity contribution in [2.45, 2.75) is 6.61 Å². The molecule has 0 saturated carbocycles. The van der Waals surface area contributed by atoms with Crippen LogP contribution in [-0.2, 0) is 11.3 Å². The van der Waals surface area contributed by atoms with E-state index in [1.807, 2.05) is 0 Å². The maximum absolute atomic E-state index is 14.1. The number of ether oxygens (including phenoxy) is 1. The second-order valence-electron chi connectivity index (χ2n) is 3.57. The number of H-pyrrole nitrogens is 1. The zero-order chi connectivity index (χ0) is 12.4. The third-order valence-corrected chi connectivity index (χ3v) is 2.76. The predicted octanol–water partition coefficient (Wildman–Crippen LogP) is 2.71. The van der Waals surface area contributed by atoms with Gasteiger partial charge in [-0.3, -0.25) is 5.10 Å². The zero-order valence-electron chi connectivity index (χ0n) is 9.13. The van der Waals surface area contributed by atoms with Gasteiger partial charge in [0.2, 0.25) is 0 Å². The zero-order valence-corrected chi connectivity index (χ0v) is 10.7. The average molecular weight is 300 g/mol. The molecule has 2 aromatic rings. The molecular weight excluding hydrogens is 289 g/mol. The second-order valence-corrected chi connectivity index (χ2v) is 4.48. The molecule has 0 aliphatic carbocycles. The smallest absolute Gasteiger partial charge is 0.145 e. The summed E-state index contributed by atoms with van der Waals surface area (Å²) in [5.74, 6) is -0.00799. The van der Waals surface area contributed by atoms with Gasteiger partial charge in [0.25, 0.3) is 0 Å². The third-order valence-electron chi connectivity index (χ3n) is 2.30. The molecule has 0 spiro atoms. The first kappa shape index (κ1) is 12.1. The van der Waals surface area contributed by atoms with Gasteiger partial charge in [-0.15, -0.1) is 0 Å². The van der Waals surface area contributed by atoms with E-state index in [9.17, 15) is 4.39 Å². The van der Waals surface area contributed by atoms with Crippen molar-refractivity contribution >= 4 is 21.7 Å². The summed E-state index contributed by atoms with van der Waals surface area (Å²) in [5, 5.41) is 6.46. The van der Waals surface area contributed by atoms with Crippen LogP contribution in [0.2, 0.25) is 0 Å². The molecule has 0 radical (unpaired) electrons. The average Bonchev–Trinajstić information content (AvgIpc) is 2.70. The summed E-state index contributed by atoms with van der Waals surface area (Å²) in [7, 11) is 1.52. The van der Waals surface area contributed by atoms with Gasteiger partial charge in [0, 0.05) is 28.8 Å². The molecule has 2 rings (SSSR count). The van der Waals surface area contributed by atoms with Crippen molar-refractivity contribution in [2.75, 3.05) is 12.8 Å². The number of methoxy groups -OCH3 is 1. The Hall–Kier alpha value is -1.40. The van der Waals surface area contributed by atoms with Crippen molar-refractivity contribution in [3.8, 4) is 11.3 Å². The van der Waals surface area contributed by atoms with Crippen LogP contribution in [0, 0.1) is 5.82 Å². The Bertz CT molecular complexity index is 542. The van der Waals surface area contributed by atoms with Crippen LogP contribution in [0.15, 0.2) is 22.7 Å². The maximum atomic E-state index is 14.1. The first-order chi connectivity index (χ1) is 8.11. The van der Waals surface area contributed by atoms with E-state index in [1.165, 1.54) is 7.11 Å². The number of aromatic nitrogens is 2. The molecule has 0 fully saturated rings. The van der Waals surface area contributed by atoms with E-state index in [2.05, 4.69) is 26.1 Å². The quantitative estimate of drug-likeness (QED) is 0.916. The Labute approximate surface area is 106 Å². The number of nitrogens with zero attached hydrogens (tertiary/aromatic N) is 1. The molecule has 0 bridgehead atoms. The van der Waals surface area contributed by atoms with E-state index in [0.29, 0.717) is 22.6 Å². The molecule has 90 valence electrons. The number of hydrogen-bond acceptors (Lipinski definition) is 3. The van der Waals surface area contributed by atoms with E-state index in [4.69, 9.17) is 10.5 Å². The molecule has 3 N–H and O–H groups in total. The lowest BCUT2D eigenvalue weighted by atomic mass is 10.1. The van der Waals surface area contributed by atoms with Gasteiger partial charge in [-0.05, 0) is 12.1 Å². The number of rotatable bonds is 3. The lowest BCUT2D eigenvalue weighted by molar-refractivity contribution is 0.181. The highest BCUT2D eigenvalue weighted by Gasteiger charge is 2.13. The van der Waals surface area contributed by atoms with Gasteiger partial charge >= 0.3 is 0 Å². The molecule has 1 heterocycles. The van der Waals surface area contributed by atoms with Crippen molar-refractivity contribution in [2.24, 2.45) is 0 Å². The highest BCUT2D eigenvalue weighted by Crippen LogP contribution is 2.28. The molecule has 0 aliphatic rings. The fraction of sp³-hybridized carbons (Fsp3) is 0.182. The third kappa shape index (κ3) is 2.48. The molecular formula is C11H11BrFN3O. The van der Waals surface area contributed by atoms with Crippen LogP contribution in [0.3, 0.4) is 0 Å². The Morgan fingerprint density at radius 2 is 2.24 bits per heavy atom. The van der Waals surface area contributed by atoms with Gasteiger partial charge in [0.15, 0.2) is 0 Å². The molecule has 6 heteroatoms. The highest BCUT2D eigenvalue weighted by atomic mass is 79.9. The van der Waals surface area contributed by atoms with Crippen LogP contribution < -0.4 is 5.73 Å². The van der Waals surface area contributed by atoms with E-state index < -0.39 is 0 Å². The summed E-state index contributed by atoms with van der Waals surface area (Å²) >= 11 is 3.33. The highest BCUT2D eigenvalue weighted by molar-refractivity contribution is 9.10. The Morgan fingerprint density at radius 3 is 2.82 bits per heavy atom. The largest absolute Gasteiger partial charge is 0.382 e. The molecule has 17 heavy (non-hydrogen) atoms. The molecule has 4 nitrogen and oxygen atoms in total. The van der Waals surface area contributed by atoms with E-state index in [0.717, 1.165) is 4.47 Å². The number of aromatic amines is 1. The number of halogens is 2. The lowest BCUT2D eigenvalue weighted by Gasteiger charge is -2.07. The SMILES string of the molecule is COCc1cc(Br)cc(-c2cc(N)n[nH]2)c1F. The number of nitrogens with two attached hydrogens (primary N) is 1. The fourth-order valence-electron chi connectivity index (χ4n) is 1.58. The van der Waals surface area contributed by atoms with Crippen molar-refractivity contribution in [1.29, 1.82) is 0 Å². The van der Waals surface area contributed by atoms with Crippen LogP contribution in [0.4, 0.5) is 10.2 Å². The summed E-state index contributed by atoms with van der Waals surface area (Å²) in [6, 6.07) is 4.94. The Balaban J connectivity index is 2.53. The van der Waals surface area contributed by atoms with E-state index in [1.54, 1.807) is 18.2 Å². The molecule has 0 unspecified atom stereocenters. The standard InChI is InChI=1S/C11H11BrFN3O/c1-17-5-6-2-7(12)3-8(11(6)13)9-4-10(14)16-15-9/h2-4H,5H2,1H3,(H3,14,15,16). The Kier molecular flexibility index (Phi) is 3.44. The first-order valence-corrected chi connectivity index (χ1v) is 5.69. The van der Waals surface area contributed by atoms with Crippen LogP contribution in [0.25, 0.3) is 11.3 Å². The van der Waals surface area contributed by atoms with Crippen LogP contribution in [-0.4, -0.2) is 17.3 Å². The number of hydrogen-bond donors (Lipinski definition) is 2. The van der Waals surface area contributed by atoms with E-state index >= 15 is 0 Å². The van der Waals surface area contributed by atoms with Crippen LogP contribution in [0.1, 0.15) is 5.56 Å². The minimum Gasteiger partial charge on any atom is -0.382 e. The number of nitrogens with one attached hydrogen (secondary N) is 1. The van der Waals surface area contributed by atoms with Gasteiger partial charge in [0.05, 0.1) is 12.3 Å². The summed E-state index contributed by atoms with van der Waals surface area (Å²) in [6.07, 6.45) is 0. The fourth-order valence-corrected chi connectivity index (χ4v) is 2.08. The minimum absolute atomic E-state index is 0.210. The van der Waals surface area contributed by atoms with Gasteiger partial charge in [-0.2, -0.15) is 5.10 Å². The van der Waals surface area contributed by atoms with Crippen molar-refractivity contribution < 1.29 is 9.13 Å². The molecule has 1 aromatic carbocycles. The Morgan fingerprint density at radius 1 is 1.47 bits per heavy atom. The second kappa shape index (κ2) is 4.85. The van der Waals surface area contributed by atoms with Gasteiger partial charge < -0.3 is 10.5 Å². The normalized spacial score (nSPS) is 10.8. The summed E-state index contributed by atoms with van der Waals surface area (Å²) in [5.41, 5.74) is 6.93. The van der Waals surface area contributed by atoms with Crippen LogP contribution in [0.5, 0.6) is 0 Å². The van der Waals surface area contributed by atoms with Gasteiger partial charge in [-0.1, -0.05) is 15.9 Å². The molecule has 0 aliphatic heterocycles. The monoisotopic (exact) mass is 299 g/mol. The number of benzene rings is 1. The molecule has 0 atom stereocenters. The van der Waals surface area contributed by atoms with Gasteiger partial charge in [-0.25, -0.2) is 4.39 Å². The lowest BCUT2D eigenvalue weighted by Crippen LogP contribution is -1.96.